The van der Waals surface area contributed by atoms with Crippen molar-refractivity contribution in [1.29, 1.82) is 0 Å². The summed E-state index contributed by atoms with van der Waals surface area (Å²) in [5.74, 6) is 0.750. The summed E-state index contributed by atoms with van der Waals surface area (Å²) in [5.41, 5.74) is 2.69. The molecule has 0 saturated carbocycles. The predicted octanol–water partition coefficient (Wildman–Crippen LogP) is 4.04. The molecular formula is C15H25BrN2. The van der Waals surface area contributed by atoms with Gasteiger partial charge in [-0.1, -0.05) is 36.7 Å². The lowest BCUT2D eigenvalue weighted by molar-refractivity contribution is 0.584. The molecule has 0 aliphatic rings. The number of nitrogens with zero attached hydrogens (tertiary/aromatic N) is 1. The Balaban J connectivity index is 2.78. The van der Waals surface area contributed by atoms with E-state index in [1.807, 2.05) is 0 Å². The van der Waals surface area contributed by atoms with Gasteiger partial charge < -0.3 is 10.2 Å². The lowest BCUT2D eigenvalue weighted by atomic mass is 10.1. The number of benzene rings is 1. The monoisotopic (exact) mass is 312 g/mol. The molecule has 0 heterocycles. The normalized spacial score (nSPS) is 11.0. The molecule has 102 valence electrons. The molecule has 2 nitrogen and oxygen atoms in total. The first-order valence-corrected chi connectivity index (χ1v) is 7.54. The van der Waals surface area contributed by atoms with E-state index in [0.717, 1.165) is 30.0 Å². The third-order valence-corrected chi connectivity index (χ3v) is 3.55. The van der Waals surface area contributed by atoms with Crippen molar-refractivity contribution in [3.05, 3.63) is 28.2 Å². The smallest absolute Gasteiger partial charge is 0.0410 e. The van der Waals surface area contributed by atoms with Crippen LogP contribution >= 0.6 is 15.9 Å². The quantitative estimate of drug-likeness (QED) is 0.817. The number of hydrogen-bond acceptors (Lipinski definition) is 2. The molecule has 3 heteroatoms. The van der Waals surface area contributed by atoms with Crippen molar-refractivity contribution >= 4 is 21.6 Å². The fraction of sp³-hybridized carbons (Fsp3) is 0.600. The average molecular weight is 313 g/mol. The minimum Gasteiger partial charge on any atom is -0.374 e. The van der Waals surface area contributed by atoms with Crippen LogP contribution in [0.25, 0.3) is 0 Å². The minimum absolute atomic E-state index is 0.750. The van der Waals surface area contributed by atoms with E-state index in [1.165, 1.54) is 17.7 Å². The zero-order valence-electron chi connectivity index (χ0n) is 12.0. The Morgan fingerprint density at radius 2 is 2.06 bits per heavy atom. The molecule has 0 amide bonds. The van der Waals surface area contributed by atoms with Crippen LogP contribution in [0.4, 0.5) is 5.69 Å². The molecule has 0 radical (unpaired) electrons. The molecule has 0 aliphatic carbocycles. The van der Waals surface area contributed by atoms with Crippen molar-refractivity contribution in [3.63, 3.8) is 0 Å². The first kappa shape index (κ1) is 15.5. The van der Waals surface area contributed by atoms with Crippen LogP contribution in [-0.2, 0) is 6.54 Å². The van der Waals surface area contributed by atoms with Crippen molar-refractivity contribution < 1.29 is 0 Å². The summed E-state index contributed by atoms with van der Waals surface area (Å²) in [6.45, 7) is 9.72. The molecule has 0 spiro atoms. The second-order valence-corrected chi connectivity index (χ2v) is 6.07. The van der Waals surface area contributed by atoms with Gasteiger partial charge >= 0.3 is 0 Å². The highest BCUT2D eigenvalue weighted by molar-refractivity contribution is 9.10. The van der Waals surface area contributed by atoms with Crippen LogP contribution in [-0.4, -0.2) is 20.1 Å². The third-order valence-electron chi connectivity index (χ3n) is 3.06. The zero-order chi connectivity index (χ0) is 13.5. The molecule has 0 fully saturated rings. The molecule has 1 aromatic carbocycles. The van der Waals surface area contributed by atoms with Gasteiger partial charge in [-0.3, -0.25) is 0 Å². The lowest BCUT2D eigenvalue weighted by Gasteiger charge is -2.24. The van der Waals surface area contributed by atoms with E-state index in [4.69, 9.17) is 0 Å². The van der Waals surface area contributed by atoms with Crippen molar-refractivity contribution in [3.8, 4) is 0 Å². The van der Waals surface area contributed by atoms with E-state index >= 15 is 0 Å². The molecule has 0 aromatic heterocycles. The van der Waals surface area contributed by atoms with Gasteiger partial charge in [-0.25, -0.2) is 0 Å². The molecule has 1 N–H and O–H groups in total. The Morgan fingerprint density at radius 3 is 2.67 bits per heavy atom. The third kappa shape index (κ3) is 4.99. The number of halogens is 1. The van der Waals surface area contributed by atoms with Crippen LogP contribution in [0.2, 0.25) is 0 Å². The fourth-order valence-electron chi connectivity index (χ4n) is 1.90. The van der Waals surface area contributed by atoms with E-state index in [0.29, 0.717) is 0 Å². The minimum atomic E-state index is 0.750. The van der Waals surface area contributed by atoms with E-state index in [9.17, 15) is 0 Å². The molecule has 0 atom stereocenters. The number of rotatable bonds is 7. The van der Waals surface area contributed by atoms with E-state index in [1.54, 1.807) is 0 Å². The summed E-state index contributed by atoms with van der Waals surface area (Å²) in [4.78, 5) is 2.36. The Morgan fingerprint density at radius 1 is 1.33 bits per heavy atom. The van der Waals surface area contributed by atoms with E-state index < -0.39 is 0 Å². The van der Waals surface area contributed by atoms with Gasteiger partial charge in [0, 0.05) is 30.3 Å². The van der Waals surface area contributed by atoms with E-state index in [2.05, 4.69) is 72.2 Å². The molecule has 0 unspecified atom stereocenters. The van der Waals surface area contributed by atoms with Gasteiger partial charge in [0.1, 0.15) is 0 Å². The van der Waals surface area contributed by atoms with Crippen LogP contribution in [0, 0.1) is 5.92 Å². The van der Waals surface area contributed by atoms with Gasteiger partial charge in [0.2, 0.25) is 0 Å². The Bertz CT molecular complexity index is 364. The summed E-state index contributed by atoms with van der Waals surface area (Å²) in [6, 6.07) is 6.54. The van der Waals surface area contributed by atoms with Crippen LogP contribution in [0.15, 0.2) is 22.7 Å². The highest BCUT2D eigenvalue weighted by atomic mass is 79.9. The maximum Gasteiger partial charge on any atom is 0.0410 e. The van der Waals surface area contributed by atoms with Crippen LogP contribution in [0.3, 0.4) is 0 Å². The second-order valence-electron chi connectivity index (χ2n) is 5.16. The molecule has 1 aromatic rings. The molecule has 0 bridgehead atoms. The van der Waals surface area contributed by atoms with Gasteiger partial charge in [-0.15, -0.1) is 0 Å². The predicted molar refractivity (Wildman–Crippen MR) is 84.2 cm³/mol. The van der Waals surface area contributed by atoms with Gasteiger partial charge in [0.05, 0.1) is 0 Å². The molecule has 0 aliphatic heterocycles. The average Bonchev–Trinajstić information content (AvgIpc) is 2.33. The number of nitrogens with one attached hydrogen (secondary N) is 1. The standard InChI is InChI=1S/C15H25BrN2/c1-5-17-11-13-10-14(16)6-7-15(13)18(4)9-8-12(2)3/h6-7,10,12,17H,5,8-9,11H2,1-4H3. The summed E-state index contributed by atoms with van der Waals surface area (Å²) in [7, 11) is 2.18. The van der Waals surface area contributed by atoms with Crippen LogP contribution < -0.4 is 10.2 Å². The fourth-order valence-corrected chi connectivity index (χ4v) is 2.31. The SMILES string of the molecule is CCNCc1cc(Br)ccc1N(C)CCC(C)C. The molecular weight excluding hydrogens is 288 g/mol. The highest BCUT2D eigenvalue weighted by Crippen LogP contribution is 2.24. The van der Waals surface area contributed by atoms with Gasteiger partial charge in [0.25, 0.3) is 0 Å². The molecule has 18 heavy (non-hydrogen) atoms. The first-order valence-electron chi connectivity index (χ1n) is 6.74. The topological polar surface area (TPSA) is 15.3 Å². The maximum atomic E-state index is 3.55. The zero-order valence-corrected chi connectivity index (χ0v) is 13.5. The lowest BCUT2D eigenvalue weighted by Crippen LogP contribution is -2.23. The largest absolute Gasteiger partial charge is 0.374 e. The van der Waals surface area contributed by atoms with Crippen molar-refractivity contribution in [2.45, 2.75) is 33.7 Å². The first-order chi connectivity index (χ1) is 8.54. The molecule has 0 saturated heterocycles. The number of hydrogen-bond donors (Lipinski definition) is 1. The van der Waals surface area contributed by atoms with E-state index in [-0.39, 0.29) is 0 Å². The van der Waals surface area contributed by atoms with Crippen LogP contribution in [0.1, 0.15) is 32.8 Å². The van der Waals surface area contributed by atoms with Crippen molar-refractivity contribution in [1.82, 2.24) is 5.32 Å². The second kappa shape index (κ2) is 7.80. The van der Waals surface area contributed by atoms with Gasteiger partial charge in [0.15, 0.2) is 0 Å². The Hall–Kier alpha value is -0.540. The van der Waals surface area contributed by atoms with Gasteiger partial charge in [-0.2, -0.15) is 0 Å². The van der Waals surface area contributed by atoms with Crippen molar-refractivity contribution in [2.24, 2.45) is 5.92 Å². The van der Waals surface area contributed by atoms with Crippen LogP contribution in [0.5, 0.6) is 0 Å². The highest BCUT2D eigenvalue weighted by Gasteiger charge is 2.08. The van der Waals surface area contributed by atoms with Crippen molar-refractivity contribution in [2.75, 3.05) is 25.0 Å². The maximum absolute atomic E-state index is 3.55. The van der Waals surface area contributed by atoms with Gasteiger partial charge in [-0.05, 0) is 42.6 Å². The summed E-state index contributed by atoms with van der Waals surface area (Å²) >= 11 is 3.55. The summed E-state index contributed by atoms with van der Waals surface area (Å²) in [5, 5.41) is 3.40. The Labute approximate surface area is 120 Å². The summed E-state index contributed by atoms with van der Waals surface area (Å²) < 4.78 is 1.15. The summed E-state index contributed by atoms with van der Waals surface area (Å²) in [6.07, 6.45) is 1.23. The number of anilines is 1. The Kier molecular flexibility index (Phi) is 6.72. The molecule has 1 rings (SSSR count).